The van der Waals surface area contributed by atoms with Gasteiger partial charge in [-0.25, -0.2) is 9.97 Å². The Labute approximate surface area is 126 Å². The number of rotatable bonds is 3. The van der Waals surface area contributed by atoms with E-state index in [1.807, 2.05) is 41.6 Å². The Hall–Kier alpha value is -2.65. The molecule has 0 aliphatic carbocycles. The van der Waals surface area contributed by atoms with Crippen LogP contribution < -0.4 is 10.6 Å². The second-order valence-electron chi connectivity index (χ2n) is 4.65. The Bertz CT molecular complexity index is 833. The van der Waals surface area contributed by atoms with Crippen molar-refractivity contribution in [2.45, 2.75) is 6.54 Å². The second-order valence-corrected chi connectivity index (χ2v) is 5.54. The molecule has 3 aromatic rings. The fraction of sp³-hybridized carbons (Fsp3) is 0.133. The molecule has 0 fully saturated rings. The molecule has 0 saturated carbocycles. The van der Waals surface area contributed by atoms with Crippen molar-refractivity contribution < 1.29 is 0 Å². The molecule has 104 valence electrons. The predicted molar refractivity (Wildman–Crippen MR) is 85.1 cm³/mol. The molecule has 0 spiro atoms. The monoisotopic (exact) mass is 295 g/mol. The lowest BCUT2D eigenvalue weighted by atomic mass is 10.2. The van der Waals surface area contributed by atoms with E-state index in [0.29, 0.717) is 23.8 Å². The van der Waals surface area contributed by atoms with Crippen LogP contribution in [0.4, 0.5) is 11.5 Å². The molecule has 21 heavy (non-hydrogen) atoms. The molecule has 0 bridgehead atoms. The number of anilines is 2. The molecule has 2 aromatic heterocycles. The SMILES string of the molecule is CN(Cc1nc(N)c2ccsc2n1)c1ccccc1C#N. The molecule has 0 unspecified atom stereocenters. The number of hydrogen-bond acceptors (Lipinski definition) is 6. The molecule has 2 heterocycles. The molecule has 2 N–H and O–H groups in total. The highest BCUT2D eigenvalue weighted by molar-refractivity contribution is 7.16. The highest BCUT2D eigenvalue weighted by atomic mass is 32.1. The molecule has 5 nitrogen and oxygen atoms in total. The maximum Gasteiger partial charge on any atom is 0.151 e. The molecule has 0 radical (unpaired) electrons. The highest BCUT2D eigenvalue weighted by Gasteiger charge is 2.11. The second kappa shape index (κ2) is 5.38. The summed E-state index contributed by atoms with van der Waals surface area (Å²) in [6, 6.07) is 11.6. The van der Waals surface area contributed by atoms with E-state index in [0.717, 1.165) is 15.9 Å². The minimum Gasteiger partial charge on any atom is -0.383 e. The molecule has 1 aromatic carbocycles. The molecule has 0 atom stereocenters. The van der Waals surface area contributed by atoms with E-state index in [1.54, 1.807) is 17.4 Å². The number of nitrogens with two attached hydrogens (primary N) is 1. The Kier molecular flexibility index (Phi) is 3.42. The number of hydrogen-bond donors (Lipinski definition) is 1. The number of nitrogen functional groups attached to an aromatic ring is 1. The third-order valence-electron chi connectivity index (χ3n) is 3.22. The summed E-state index contributed by atoms with van der Waals surface area (Å²) in [6.45, 7) is 0.497. The van der Waals surface area contributed by atoms with Crippen LogP contribution in [0.3, 0.4) is 0 Å². The van der Waals surface area contributed by atoms with Crippen molar-refractivity contribution in [3.63, 3.8) is 0 Å². The molecule has 0 saturated heterocycles. The summed E-state index contributed by atoms with van der Waals surface area (Å²) in [7, 11) is 1.91. The summed E-state index contributed by atoms with van der Waals surface area (Å²) in [6.07, 6.45) is 0. The average Bonchev–Trinajstić information content (AvgIpc) is 2.96. The zero-order valence-electron chi connectivity index (χ0n) is 11.4. The Morgan fingerprint density at radius 1 is 1.29 bits per heavy atom. The fourth-order valence-electron chi connectivity index (χ4n) is 2.19. The van der Waals surface area contributed by atoms with E-state index in [4.69, 9.17) is 11.0 Å². The molecule has 3 rings (SSSR count). The van der Waals surface area contributed by atoms with Gasteiger partial charge in [0.1, 0.15) is 16.7 Å². The first-order chi connectivity index (χ1) is 10.2. The van der Waals surface area contributed by atoms with Crippen LogP contribution in [-0.4, -0.2) is 17.0 Å². The maximum absolute atomic E-state index is 9.16. The summed E-state index contributed by atoms with van der Waals surface area (Å²) in [5.41, 5.74) is 7.44. The van der Waals surface area contributed by atoms with Crippen LogP contribution in [0.2, 0.25) is 0 Å². The van der Waals surface area contributed by atoms with Gasteiger partial charge in [-0.15, -0.1) is 11.3 Å². The molecule has 6 heteroatoms. The van der Waals surface area contributed by atoms with Gasteiger partial charge in [-0.1, -0.05) is 12.1 Å². The van der Waals surface area contributed by atoms with E-state index in [-0.39, 0.29) is 0 Å². The Balaban J connectivity index is 1.93. The number of nitriles is 1. The van der Waals surface area contributed by atoms with E-state index in [1.165, 1.54) is 0 Å². The van der Waals surface area contributed by atoms with E-state index in [2.05, 4.69) is 16.0 Å². The first-order valence-corrected chi connectivity index (χ1v) is 7.27. The van der Waals surface area contributed by atoms with Crippen LogP contribution in [0, 0.1) is 11.3 Å². The van der Waals surface area contributed by atoms with Gasteiger partial charge in [0, 0.05) is 7.05 Å². The van der Waals surface area contributed by atoms with Gasteiger partial charge in [-0.2, -0.15) is 5.26 Å². The molecular weight excluding hydrogens is 282 g/mol. The van der Waals surface area contributed by atoms with Crippen molar-refractivity contribution in [3.8, 4) is 6.07 Å². The van der Waals surface area contributed by atoms with Gasteiger partial charge in [0.2, 0.25) is 0 Å². The number of thiophene rings is 1. The summed E-state index contributed by atoms with van der Waals surface area (Å²) < 4.78 is 0. The standard InChI is InChI=1S/C15H13N5S/c1-20(12-5-3-2-4-10(12)8-16)9-13-18-14(17)11-6-7-21-15(11)19-13/h2-7H,9H2,1H3,(H2,17,18,19). The van der Waals surface area contributed by atoms with Crippen LogP contribution in [-0.2, 0) is 6.54 Å². The number of nitrogens with zero attached hydrogens (tertiary/aromatic N) is 4. The lowest BCUT2D eigenvalue weighted by Gasteiger charge is -2.19. The van der Waals surface area contributed by atoms with E-state index < -0.39 is 0 Å². The van der Waals surface area contributed by atoms with Gasteiger partial charge in [0.05, 0.1) is 23.2 Å². The zero-order chi connectivity index (χ0) is 14.8. The summed E-state index contributed by atoms with van der Waals surface area (Å²) in [5, 5.41) is 12.0. The number of para-hydroxylation sites is 1. The number of fused-ring (bicyclic) bond motifs is 1. The third-order valence-corrected chi connectivity index (χ3v) is 4.02. The van der Waals surface area contributed by atoms with Crippen LogP contribution in [0.25, 0.3) is 10.2 Å². The minimum absolute atomic E-state index is 0.497. The maximum atomic E-state index is 9.16. The van der Waals surface area contributed by atoms with E-state index in [9.17, 15) is 0 Å². The lowest BCUT2D eigenvalue weighted by Crippen LogP contribution is -2.19. The average molecular weight is 295 g/mol. The van der Waals surface area contributed by atoms with Gasteiger partial charge in [-0.05, 0) is 23.6 Å². The fourth-order valence-corrected chi connectivity index (χ4v) is 2.98. The van der Waals surface area contributed by atoms with Crippen molar-refractivity contribution in [1.29, 1.82) is 5.26 Å². The zero-order valence-corrected chi connectivity index (χ0v) is 12.3. The lowest BCUT2D eigenvalue weighted by molar-refractivity contribution is 0.850. The smallest absolute Gasteiger partial charge is 0.151 e. The van der Waals surface area contributed by atoms with E-state index >= 15 is 0 Å². The van der Waals surface area contributed by atoms with Crippen molar-refractivity contribution in [2.24, 2.45) is 0 Å². The minimum atomic E-state index is 0.497. The predicted octanol–water partition coefficient (Wildman–Crippen LogP) is 2.78. The summed E-state index contributed by atoms with van der Waals surface area (Å²) in [5.74, 6) is 1.15. The molecule has 0 amide bonds. The van der Waals surface area contributed by atoms with Gasteiger partial charge in [-0.3, -0.25) is 0 Å². The topological polar surface area (TPSA) is 78.8 Å². The summed E-state index contributed by atoms with van der Waals surface area (Å²) >= 11 is 1.54. The van der Waals surface area contributed by atoms with Crippen LogP contribution in [0.1, 0.15) is 11.4 Å². The van der Waals surface area contributed by atoms with Crippen LogP contribution in [0.15, 0.2) is 35.7 Å². The van der Waals surface area contributed by atoms with Gasteiger partial charge >= 0.3 is 0 Å². The quantitative estimate of drug-likeness (QED) is 0.803. The Morgan fingerprint density at radius 3 is 2.90 bits per heavy atom. The van der Waals surface area contributed by atoms with Gasteiger partial charge in [0.15, 0.2) is 5.82 Å². The van der Waals surface area contributed by atoms with Crippen molar-refractivity contribution in [3.05, 3.63) is 47.1 Å². The number of aromatic nitrogens is 2. The van der Waals surface area contributed by atoms with Gasteiger partial charge in [0.25, 0.3) is 0 Å². The molecular formula is C15H13N5S. The van der Waals surface area contributed by atoms with Crippen molar-refractivity contribution in [2.75, 3.05) is 17.7 Å². The van der Waals surface area contributed by atoms with Crippen LogP contribution in [0.5, 0.6) is 0 Å². The van der Waals surface area contributed by atoms with Crippen molar-refractivity contribution in [1.82, 2.24) is 9.97 Å². The molecule has 0 aliphatic rings. The van der Waals surface area contributed by atoms with Crippen LogP contribution >= 0.6 is 11.3 Å². The highest BCUT2D eigenvalue weighted by Crippen LogP contribution is 2.24. The normalized spacial score (nSPS) is 10.5. The third kappa shape index (κ3) is 2.51. The summed E-state index contributed by atoms with van der Waals surface area (Å²) in [4.78, 5) is 11.7. The molecule has 0 aliphatic heterocycles. The van der Waals surface area contributed by atoms with Gasteiger partial charge < -0.3 is 10.6 Å². The largest absolute Gasteiger partial charge is 0.383 e. The first-order valence-electron chi connectivity index (χ1n) is 6.39. The Morgan fingerprint density at radius 2 is 2.10 bits per heavy atom. The van der Waals surface area contributed by atoms with Crippen molar-refractivity contribution >= 4 is 33.1 Å². The first kappa shape index (κ1) is 13.3. The number of benzene rings is 1.